The van der Waals surface area contributed by atoms with Crippen LogP contribution in [0, 0.1) is 6.92 Å². The minimum atomic E-state index is -1.87. The molecule has 0 N–H and O–H groups in total. The van der Waals surface area contributed by atoms with E-state index in [4.69, 9.17) is 20.8 Å². The van der Waals surface area contributed by atoms with Crippen molar-refractivity contribution in [3.63, 3.8) is 0 Å². The number of carbonyl (C=O) groups is 1. The van der Waals surface area contributed by atoms with Crippen molar-refractivity contribution in [3.05, 3.63) is 39.9 Å². The molecule has 1 aromatic carbocycles. The maximum atomic E-state index is 11.7. The minimum Gasteiger partial charge on any atom is -0.463 e. The highest BCUT2D eigenvalue weighted by atomic mass is 35.5. The van der Waals surface area contributed by atoms with Crippen LogP contribution in [0.1, 0.15) is 55.7 Å². The third-order valence-electron chi connectivity index (χ3n) is 4.87. The fourth-order valence-electron chi connectivity index (χ4n) is 3.62. The van der Waals surface area contributed by atoms with Crippen molar-refractivity contribution in [2.75, 3.05) is 6.61 Å². The van der Waals surface area contributed by atoms with E-state index in [0.717, 1.165) is 17.2 Å². The third kappa shape index (κ3) is 6.25. The van der Waals surface area contributed by atoms with Crippen LogP contribution in [0.2, 0.25) is 18.1 Å². The third-order valence-corrected chi connectivity index (χ3v) is 7.48. The molecule has 1 aliphatic rings. The number of rotatable bonds is 7. The van der Waals surface area contributed by atoms with E-state index in [1.807, 2.05) is 19.1 Å². The first kappa shape index (κ1) is 21.2. The molecule has 3 nitrogen and oxygen atoms in total. The van der Waals surface area contributed by atoms with Crippen LogP contribution in [-0.4, -0.2) is 27.0 Å². The predicted octanol–water partition coefficient (Wildman–Crippen LogP) is 5.86. The molecule has 5 heteroatoms. The quantitative estimate of drug-likeness (QED) is 0.330. The zero-order valence-corrected chi connectivity index (χ0v) is 18.2. The van der Waals surface area contributed by atoms with E-state index >= 15 is 0 Å². The van der Waals surface area contributed by atoms with Gasteiger partial charge in [0, 0.05) is 17.2 Å². The lowest BCUT2D eigenvalue weighted by molar-refractivity contribution is -0.137. The van der Waals surface area contributed by atoms with Crippen molar-refractivity contribution in [3.8, 4) is 0 Å². The van der Waals surface area contributed by atoms with Crippen LogP contribution in [0.4, 0.5) is 0 Å². The van der Waals surface area contributed by atoms with Gasteiger partial charge in [-0.2, -0.15) is 0 Å². The van der Waals surface area contributed by atoms with Gasteiger partial charge in [-0.3, -0.25) is 0 Å². The molecule has 0 amide bonds. The first-order chi connectivity index (χ1) is 12.3. The molecule has 0 radical (unpaired) electrons. The predicted molar refractivity (Wildman–Crippen MR) is 111 cm³/mol. The van der Waals surface area contributed by atoms with Gasteiger partial charge in [0.05, 0.1) is 6.61 Å². The molecule has 0 spiro atoms. The summed E-state index contributed by atoms with van der Waals surface area (Å²) in [6.45, 7) is 8.74. The van der Waals surface area contributed by atoms with Crippen LogP contribution in [0.25, 0.3) is 6.08 Å². The Hall–Kier alpha value is -1.10. The Bertz CT molecular complexity index is 649. The molecule has 144 valence electrons. The number of halogens is 1. The van der Waals surface area contributed by atoms with E-state index in [-0.39, 0.29) is 5.97 Å². The second kappa shape index (κ2) is 9.72. The number of ether oxygens (including phenoxy) is 1. The topological polar surface area (TPSA) is 35.5 Å². The van der Waals surface area contributed by atoms with E-state index in [1.165, 1.54) is 43.7 Å². The summed E-state index contributed by atoms with van der Waals surface area (Å²) < 4.78 is 11.6. The molecular formula is C21H31ClO3Si. The summed E-state index contributed by atoms with van der Waals surface area (Å²) in [5.41, 5.74) is 3.20. The number of esters is 1. The summed E-state index contributed by atoms with van der Waals surface area (Å²) in [7, 11) is -1.87. The van der Waals surface area contributed by atoms with Crippen LogP contribution in [-0.2, 0) is 20.0 Å². The van der Waals surface area contributed by atoms with Gasteiger partial charge in [-0.15, -0.1) is 0 Å². The van der Waals surface area contributed by atoms with Crippen LogP contribution >= 0.6 is 11.6 Å². The van der Waals surface area contributed by atoms with Crippen molar-refractivity contribution < 1.29 is 14.0 Å². The lowest BCUT2D eigenvalue weighted by Crippen LogP contribution is -2.39. The maximum Gasteiger partial charge on any atom is 0.330 e. The van der Waals surface area contributed by atoms with E-state index in [1.54, 1.807) is 6.92 Å². The van der Waals surface area contributed by atoms with E-state index in [0.29, 0.717) is 17.7 Å². The zero-order valence-electron chi connectivity index (χ0n) is 16.4. The second-order valence-electron chi connectivity index (χ2n) is 7.64. The highest BCUT2D eigenvalue weighted by Crippen LogP contribution is 2.29. The molecule has 0 aliphatic heterocycles. The van der Waals surface area contributed by atoms with Gasteiger partial charge in [0.1, 0.15) is 0 Å². The Morgan fingerprint density at radius 1 is 1.27 bits per heavy atom. The summed E-state index contributed by atoms with van der Waals surface area (Å²) >= 11 is 6.32. The molecule has 0 heterocycles. The van der Waals surface area contributed by atoms with Crippen LogP contribution in [0.3, 0.4) is 0 Å². The smallest absolute Gasteiger partial charge is 0.330 e. The molecule has 1 fully saturated rings. The van der Waals surface area contributed by atoms with Gasteiger partial charge in [0.2, 0.25) is 0 Å². The summed E-state index contributed by atoms with van der Waals surface area (Å²) in [5, 5.41) is 0.713. The largest absolute Gasteiger partial charge is 0.463 e. The molecule has 1 aromatic rings. The molecule has 0 saturated heterocycles. The van der Waals surface area contributed by atoms with Gasteiger partial charge in [-0.25, -0.2) is 4.79 Å². The minimum absolute atomic E-state index is 0.326. The van der Waals surface area contributed by atoms with Crippen LogP contribution < -0.4 is 0 Å². The second-order valence-corrected chi connectivity index (χ2v) is 12.2. The molecule has 0 bridgehead atoms. The number of carbonyl (C=O) groups excluding carboxylic acids is 1. The fourth-order valence-corrected chi connectivity index (χ4v) is 6.23. The summed E-state index contributed by atoms with van der Waals surface area (Å²) in [5.74, 6) is -0.326. The normalized spacial score (nSPS) is 16.2. The van der Waals surface area contributed by atoms with E-state index in [9.17, 15) is 4.79 Å². The molecule has 1 saturated carbocycles. The average molecular weight is 395 g/mol. The monoisotopic (exact) mass is 394 g/mol. The highest BCUT2D eigenvalue weighted by molar-refractivity contribution is 6.70. The van der Waals surface area contributed by atoms with E-state index < -0.39 is 8.32 Å². The molecular weight excluding hydrogens is 364 g/mol. The van der Waals surface area contributed by atoms with Gasteiger partial charge < -0.3 is 9.16 Å². The lowest BCUT2D eigenvalue weighted by atomic mass is 9.98. The van der Waals surface area contributed by atoms with Crippen LogP contribution in [0.5, 0.6) is 0 Å². The van der Waals surface area contributed by atoms with Crippen molar-refractivity contribution in [1.29, 1.82) is 0 Å². The number of hydrogen-bond donors (Lipinski definition) is 0. The fraction of sp³-hybridized carbons (Fsp3) is 0.571. The summed E-state index contributed by atoms with van der Waals surface area (Å²) in [6, 6.07) is 4.92. The highest BCUT2D eigenvalue weighted by Gasteiger charge is 2.29. The Morgan fingerprint density at radius 3 is 2.62 bits per heavy atom. The van der Waals surface area contributed by atoms with Crippen molar-refractivity contribution in [2.45, 2.75) is 71.2 Å². The molecule has 26 heavy (non-hydrogen) atoms. The van der Waals surface area contributed by atoms with Crippen molar-refractivity contribution in [2.24, 2.45) is 0 Å². The van der Waals surface area contributed by atoms with Crippen LogP contribution in [0.15, 0.2) is 18.2 Å². The molecule has 0 aromatic heterocycles. The number of benzene rings is 1. The Labute approximate surface area is 163 Å². The maximum absolute atomic E-state index is 11.7. The van der Waals surface area contributed by atoms with Crippen molar-refractivity contribution in [1.82, 2.24) is 0 Å². The van der Waals surface area contributed by atoms with Gasteiger partial charge in [-0.1, -0.05) is 36.9 Å². The molecule has 1 aliphatic carbocycles. The molecule has 0 atom stereocenters. The Morgan fingerprint density at radius 2 is 1.96 bits per heavy atom. The standard InChI is InChI=1S/C21H31ClO3Si/c1-5-24-21(23)14-12-19-16(2)20(22)13-11-17(19)15-26(3,4)25-18-9-7-6-8-10-18/h11-14,18H,5-10,15H2,1-4H3/b14-12+. The first-order valence-corrected chi connectivity index (χ1v) is 13.1. The van der Waals surface area contributed by atoms with Gasteiger partial charge in [0.15, 0.2) is 8.32 Å². The number of hydrogen-bond acceptors (Lipinski definition) is 3. The Kier molecular flexibility index (Phi) is 7.93. The summed E-state index contributed by atoms with van der Waals surface area (Å²) in [4.78, 5) is 11.7. The van der Waals surface area contributed by atoms with E-state index in [2.05, 4.69) is 19.2 Å². The zero-order chi connectivity index (χ0) is 19.2. The van der Waals surface area contributed by atoms with Gasteiger partial charge >= 0.3 is 5.97 Å². The lowest BCUT2D eigenvalue weighted by Gasteiger charge is -2.32. The van der Waals surface area contributed by atoms with Gasteiger partial charge in [0.25, 0.3) is 0 Å². The summed E-state index contributed by atoms with van der Waals surface area (Å²) in [6.07, 6.45) is 10.0. The SMILES string of the molecule is CCOC(=O)/C=C/c1c(C[Si](C)(C)OC2CCCCC2)ccc(Cl)c1C. The Balaban J connectivity index is 2.19. The molecule has 2 rings (SSSR count). The first-order valence-electron chi connectivity index (χ1n) is 9.63. The van der Waals surface area contributed by atoms with Gasteiger partial charge in [-0.05, 0) is 74.7 Å². The van der Waals surface area contributed by atoms with Crippen molar-refractivity contribution >= 4 is 32.0 Å². The molecule has 0 unspecified atom stereocenters. The average Bonchev–Trinajstić information content (AvgIpc) is 2.58.